The van der Waals surface area contributed by atoms with Crippen molar-refractivity contribution in [1.29, 1.82) is 0 Å². The van der Waals surface area contributed by atoms with Crippen LogP contribution in [-0.4, -0.2) is 12.1 Å². The Labute approximate surface area is 125 Å². The molecule has 0 saturated heterocycles. The van der Waals surface area contributed by atoms with Gasteiger partial charge in [0.25, 0.3) is 0 Å². The Kier molecular flexibility index (Phi) is 3.21. The molecule has 1 aromatic rings. The number of hydrogen-bond donors (Lipinski definition) is 2. The summed E-state index contributed by atoms with van der Waals surface area (Å²) in [6, 6.07) is 6.79. The molecule has 3 aliphatic rings. The zero-order valence-electron chi connectivity index (χ0n) is 12.3. The van der Waals surface area contributed by atoms with E-state index in [1.165, 1.54) is 41.7 Å². The number of hydrogen-bond acceptors (Lipinski definition) is 2. The van der Waals surface area contributed by atoms with E-state index in [1.54, 1.807) is 0 Å². The predicted octanol–water partition coefficient (Wildman–Crippen LogP) is 1.32. The summed E-state index contributed by atoms with van der Waals surface area (Å²) in [6.45, 7) is 0. The first-order chi connectivity index (χ1) is 10.3. The lowest BCUT2D eigenvalue weighted by Gasteiger charge is -2.19. The third-order valence-corrected chi connectivity index (χ3v) is 4.95. The van der Waals surface area contributed by atoms with Crippen LogP contribution < -0.4 is 21.1 Å². The molecule has 1 amide bonds. The van der Waals surface area contributed by atoms with Gasteiger partial charge >= 0.3 is 0 Å². The second kappa shape index (κ2) is 5.21. The van der Waals surface area contributed by atoms with E-state index in [0.29, 0.717) is 0 Å². The van der Waals surface area contributed by atoms with Crippen LogP contribution in [0.4, 0.5) is 0 Å². The molecular formula is C18H22N2O. The van der Waals surface area contributed by atoms with E-state index in [4.69, 9.17) is 0 Å². The van der Waals surface area contributed by atoms with Crippen LogP contribution in [0.3, 0.4) is 0 Å². The third kappa shape index (κ3) is 2.69. The number of amides is 1. The second-order valence-corrected chi connectivity index (χ2v) is 6.61. The Bertz CT molecular complexity index is 669. The number of fused-ring (bicyclic) bond motifs is 1. The summed E-state index contributed by atoms with van der Waals surface area (Å²) in [6.07, 6.45) is 11.6. The van der Waals surface area contributed by atoms with Gasteiger partial charge in [-0.05, 0) is 59.7 Å². The summed E-state index contributed by atoms with van der Waals surface area (Å²) in [5, 5.41) is 8.81. The molecule has 0 aromatic heterocycles. The predicted molar refractivity (Wildman–Crippen MR) is 83.6 cm³/mol. The van der Waals surface area contributed by atoms with Crippen LogP contribution in [0.25, 0.3) is 12.3 Å². The number of carbonyl (C=O) groups excluding carboxylic acids is 1. The maximum Gasteiger partial charge on any atom is 0.224 e. The van der Waals surface area contributed by atoms with Gasteiger partial charge < -0.3 is 10.6 Å². The maximum absolute atomic E-state index is 11.8. The molecule has 1 aromatic carbocycles. The average molecular weight is 282 g/mol. The van der Waals surface area contributed by atoms with Crippen LogP contribution >= 0.6 is 0 Å². The molecule has 2 saturated carbocycles. The Morgan fingerprint density at radius 2 is 1.90 bits per heavy atom. The SMILES string of the molecule is O=C(NC1C=c2ccc(C3CCCC3)cc2=CN1)C1CC1. The lowest BCUT2D eigenvalue weighted by Crippen LogP contribution is -2.48. The molecule has 3 nitrogen and oxygen atoms in total. The largest absolute Gasteiger partial charge is 0.368 e. The van der Waals surface area contributed by atoms with Crippen molar-refractivity contribution in [2.75, 3.05) is 0 Å². The highest BCUT2D eigenvalue weighted by molar-refractivity contribution is 5.82. The summed E-state index contributed by atoms with van der Waals surface area (Å²) >= 11 is 0. The van der Waals surface area contributed by atoms with Crippen LogP contribution in [0.1, 0.15) is 50.0 Å². The smallest absolute Gasteiger partial charge is 0.224 e. The average Bonchev–Trinajstić information content (AvgIpc) is 3.22. The Balaban J connectivity index is 1.55. The van der Waals surface area contributed by atoms with Gasteiger partial charge in [-0.1, -0.05) is 25.0 Å². The van der Waals surface area contributed by atoms with Crippen LogP contribution in [-0.2, 0) is 4.79 Å². The highest BCUT2D eigenvalue weighted by Crippen LogP contribution is 2.33. The molecule has 1 atom stereocenters. The standard InChI is InChI=1S/C18H22N2O/c21-18(13-5-6-13)20-17-10-15-8-7-14(9-16(15)11-19-17)12-3-1-2-4-12/h7-13,17,19H,1-6H2,(H,20,21). The lowest BCUT2D eigenvalue weighted by atomic mass is 9.96. The van der Waals surface area contributed by atoms with E-state index >= 15 is 0 Å². The third-order valence-electron chi connectivity index (χ3n) is 4.95. The Hall–Kier alpha value is -1.77. The lowest BCUT2D eigenvalue weighted by molar-refractivity contribution is -0.122. The molecule has 1 aliphatic heterocycles. The molecule has 2 N–H and O–H groups in total. The summed E-state index contributed by atoms with van der Waals surface area (Å²) < 4.78 is 0. The Morgan fingerprint density at radius 3 is 2.67 bits per heavy atom. The van der Waals surface area contributed by atoms with E-state index in [9.17, 15) is 4.79 Å². The molecular weight excluding hydrogens is 260 g/mol. The number of carbonyl (C=O) groups is 1. The summed E-state index contributed by atoms with van der Waals surface area (Å²) in [5.74, 6) is 1.19. The minimum Gasteiger partial charge on any atom is -0.368 e. The summed E-state index contributed by atoms with van der Waals surface area (Å²) in [7, 11) is 0. The fraction of sp³-hybridized carbons (Fsp3) is 0.500. The van der Waals surface area contributed by atoms with Gasteiger partial charge in [0.2, 0.25) is 5.91 Å². The van der Waals surface area contributed by atoms with Crippen molar-refractivity contribution < 1.29 is 4.79 Å². The zero-order valence-corrected chi connectivity index (χ0v) is 12.3. The molecule has 3 heteroatoms. The highest BCUT2D eigenvalue weighted by Gasteiger charge is 2.30. The van der Waals surface area contributed by atoms with Gasteiger partial charge in [-0.15, -0.1) is 0 Å². The van der Waals surface area contributed by atoms with Crippen molar-refractivity contribution in [3.63, 3.8) is 0 Å². The molecule has 110 valence electrons. The fourth-order valence-corrected chi connectivity index (χ4v) is 3.49. The van der Waals surface area contributed by atoms with Crippen molar-refractivity contribution in [2.45, 2.75) is 50.6 Å². The molecule has 2 aliphatic carbocycles. The van der Waals surface area contributed by atoms with Gasteiger partial charge in [-0.25, -0.2) is 0 Å². The van der Waals surface area contributed by atoms with Crippen molar-refractivity contribution >= 4 is 18.2 Å². The van der Waals surface area contributed by atoms with Crippen LogP contribution in [0, 0.1) is 5.92 Å². The van der Waals surface area contributed by atoms with Gasteiger partial charge in [-0.3, -0.25) is 4.79 Å². The van der Waals surface area contributed by atoms with Crippen LogP contribution in [0.5, 0.6) is 0 Å². The van der Waals surface area contributed by atoms with Gasteiger partial charge in [0.05, 0.1) is 0 Å². The van der Waals surface area contributed by atoms with E-state index in [-0.39, 0.29) is 18.0 Å². The second-order valence-electron chi connectivity index (χ2n) is 6.61. The first-order valence-electron chi connectivity index (χ1n) is 8.18. The Morgan fingerprint density at radius 1 is 1.10 bits per heavy atom. The van der Waals surface area contributed by atoms with Gasteiger partial charge in [-0.2, -0.15) is 0 Å². The van der Waals surface area contributed by atoms with E-state index in [1.807, 2.05) is 6.20 Å². The number of benzene rings is 1. The zero-order chi connectivity index (χ0) is 14.2. The molecule has 4 rings (SSSR count). The maximum atomic E-state index is 11.8. The van der Waals surface area contributed by atoms with Crippen LogP contribution in [0.15, 0.2) is 18.2 Å². The normalized spacial score (nSPS) is 24.5. The van der Waals surface area contributed by atoms with Gasteiger partial charge in [0, 0.05) is 12.1 Å². The minimum absolute atomic E-state index is 0.0667. The highest BCUT2D eigenvalue weighted by atomic mass is 16.2. The summed E-state index contributed by atoms with van der Waals surface area (Å²) in [5.41, 5.74) is 1.47. The minimum atomic E-state index is -0.0667. The first-order valence-corrected chi connectivity index (χ1v) is 8.18. The van der Waals surface area contributed by atoms with Gasteiger partial charge in [0.1, 0.15) is 6.17 Å². The fourth-order valence-electron chi connectivity index (χ4n) is 3.49. The van der Waals surface area contributed by atoms with Crippen molar-refractivity contribution in [1.82, 2.24) is 10.6 Å². The monoisotopic (exact) mass is 282 g/mol. The molecule has 0 spiro atoms. The molecule has 1 unspecified atom stereocenters. The molecule has 1 heterocycles. The van der Waals surface area contributed by atoms with Crippen molar-refractivity contribution in [3.05, 3.63) is 34.2 Å². The topological polar surface area (TPSA) is 41.1 Å². The summed E-state index contributed by atoms with van der Waals surface area (Å²) in [4.78, 5) is 11.8. The van der Waals surface area contributed by atoms with E-state index < -0.39 is 0 Å². The van der Waals surface area contributed by atoms with Crippen molar-refractivity contribution in [3.8, 4) is 0 Å². The van der Waals surface area contributed by atoms with E-state index in [0.717, 1.165) is 18.8 Å². The molecule has 21 heavy (non-hydrogen) atoms. The first kappa shape index (κ1) is 12.9. The molecule has 0 bridgehead atoms. The molecule has 2 fully saturated rings. The van der Waals surface area contributed by atoms with E-state index in [2.05, 4.69) is 34.9 Å². The quantitative estimate of drug-likeness (QED) is 0.878. The number of rotatable bonds is 3. The van der Waals surface area contributed by atoms with Crippen molar-refractivity contribution in [2.24, 2.45) is 5.92 Å². The molecule has 0 radical (unpaired) electrons. The number of nitrogens with one attached hydrogen (secondary N) is 2. The van der Waals surface area contributed by atoms with Crippen LogP contribution in [0.2, 0.25) is 0 Å². The van der Waals surface area contributed by atoms with Gasteiger partial charge in [0.15, 0.2) is 0 Å².